The third-order valence-corrected chi connectivity index (χ3v) is 4.19. The van der Waals surface area contributed by atoms with Crippen molar-refractivity contribution < 1.29 is 0 Å². The van der Waals surface area contributed by atoms with Gasteiger partial charge < -0.3 is 10.6 Å². The topological polar surface area (TPSA) is 47.1 Å². The van der Waals surface area contributed by atoms with Gasteiger partial charge in [0, 0.05) is 19.2 Å². The number of nitrogens with zero attached hydrogens (tertiary/aromatic N) is 3. The number of anilines is 3. The van der Waals surface area contributed by atoms with Crippen molar-refractivity contribution in [1.29, 1.82) is 0 Å². The van der Waals surface area contributed by atoms with Crippen LogP contribution in [0.2, 0.25) is 5.02 Å². The van der Waals surface area contributed by atoms with E-state index in [9.17, 15) is 0 Å². The molecule has 1 aromatic heterocycles. The number of aromatic nitrogens is 2. The molecule has 0 atom stereocenters. The normalized spacial score (nSPS) is 14.5. The van der Waals surface area contributed by atoms with Gasteiger partial charge in [-0.05, 0) is 43.9 Å². The van der Waals surface area contributed by atoms with Crippen LogP contribution >= 0.6 is 11.6 Å². The first-order valence-electron chi connectivity index (χ1n) is 6.84. The summed E-state index contributed by atoms with van der Waals surface area (Å²) in [6, 6.07) is 4.16. The molecule has 0 amide bonds. The van der Waals surface area contributed by atoms with Crippen LogP contribution in [0.5, 0.6) is 0 Å². The third kappa shape index (κ3) is 1.95. The van der Waals surface area contributed by atoms with Crippen LogP contribution < -0.4 is 10.6 Å². The van der Waals surface area contributed by atoms with Crippen molar-refractivity contribution in [3.8, 4) is 0 Å². The van der Waals surface area contributed by atoms with Crippen molar-refractivity contribution >= 4 is 28.9 Å². The number of aryl methyl sites for hydroxylation is 3. The largest absolute Gasteiger partial charge is 0.384 e. The molecule has 0 saturated carbocycles. The van der Waals surface area contributed by atoms with Gasteiger partial charge in [0.2, 0.25) is 0 Å². The number of nitrogen functional groups attached to an aromatic ring is 1. The molecule has 2 aromatic rings. The number of rotatable bonds is 1. The summed E-state index contributed by atoms with van der Waals surface area (Å²) < 4.78 is 1.75. The highest BCUT2D eigenvalue weighted by molar-refractivity contribution is 6.33. The Kier molecular flexibility index (Phi) is 3.13. The number of hydrogen-bond acceptors (Lipinski definition) is 3. The Morgan fingerprint density at radius 2 is 2.05 bits per heavy atom. The first-order chi connectivity index (χ1) is 9.49. The van der Waals surface area contributed by atoms with Crippen LogP contribution in [-0.2, 0) is 13.5 Å². The maximum absolute atomic E-state index is 6.47. The van der Waals surface area contributed by atoms with Gasteiger partial charge in [-0.1, -0.05) is 17.7 Å². The standard InChI is InChI=1S/C15H19ClN4/c1-9-7-10(2)13(12(16)8-9)20-6-4-5-11-14(17)19(3)18-15(11)20/h7-8H,4-6,17H2,1-3H3. The van der Waals surface area contributed by atoms with Crippen molar-refractivity contribution in [3.63, 3.8) is 0 Å². The van der Waals surface area contributed by atoms with E-state index in [1.54, 1.807) is 4.68 Å². The molecule has 106 valence electrons. The summed E-state index contributed by atoms with van der Waals surface area (Å²) in [5, 5.41) is 5.35. The molecule has 0 fully saturated rings. The second-order valence-electron chi connectivity index (χ2n) is 5.48. The Morgan fingerprint density at radius 3 is 2.75 bits per heavy atom. The molecule has 20 heavy (non-hydrogen) atoms. The van der Waals surface area contributed by atoms with Gasteiger partial charge in [0.25, 0.3) is 0 Å². The maximum Gasteiger partial charge on any atom is 0.160 e. The summed E-state index contributed by atoms with van der Waals surface area (Å²) >= 11 is 6.47. The molecule has 0 spiro atoms. The molecule has 1 aliphatic rings. The number of benzene rings is 1. The number of hydrogen-bond donors (Lipinski definition) is 1. The fourth-order valence-corrected chi connectivity index (χ4v) is 3.43. The minimum atomic E-state index is 0.755. The van der Waals surface area contributed by atoms with E-state index in [0.29, 0.717) is 0 Å². The van der Waals surface area contributed by atoms with Crippen molar-refractivity contribution in [1.82, 2.24) is 9.78 Å². The van der Waals surface area contributed by atoms with Crippen LogP contribution in [0, 0.1) is 13.8 Å². The lowest BCUT2D eigenvalue weighted by Crippen LogP contribution is -2.25. The highest BCUT2D eigenvalue weighted by atomic mass is 35.5. The predicted molar refractivity (Wildman–Crippen MR) is 83.9 cm³/mol. The fraction of sp³-hybridized carbons (Fsp3) is 0.400. The van der Waals surface area contributed by atoms with Crippen LogP contribution in [0.1, 0.15) is 23.1 Å². The zero-order valence-corrected chi connectivity index (χ0v) is 12.8. The lowest BCUT2D eigenvalue weighted by Gasteiger charge is -2.30. The molecule has 1 aliphatic heterocycles. The van der Waals surface area contributed by atoms with Gasteiger partial charge in [-0.25, -0.2) is 0 Å². The van der Waals surface area contributed by atoms with Gasteiger partial charge in [-0.3, -0.25) is 4.68 Å². The van der Waals surface area contributed by atoms with Crippen LogP contribution in [0.25, 0.3) is 0 Å². The predicted octanol–water partition coefficient (Wildman–Crippen LogP) is 3.36. The molecule has 2 N–H and O–H groups in total. The quantitative estimate of drug-likeness (QED) is 0.876. The maximum atomic E-state index is 6.47. The molecule has 1 aromatic carbocycles. The van der Waals surface area contributed by atoms with Crippen molar-refractivity contribution in [3.05, 3.63) is 33.8 Å². The van der Waals surface area contributed by atoms with Crippen LogP contribution in [0.4, 0.5) is 17.3 Å². The summed E-state index contributed by atoms with van der Waals surface area (Å²) in [4.78, 5) is 2.20. The fourth-order valence-electron chi connectivity index (χ4n) is 3.01. The summed E-state index contributed by atoms with van der Waals surface area (Å²) in [6.07, 6.45) is 2.04. The van der Waals surface area contributed by atoms with E-state index < -0.39 is 0 Å². The van der Waals surface area contributed by atoms with Crippen LogP contribution in [-0.4, -0.2) is 16.3 Å². The zero-order chi connectivity index (χ0) is 14.4. The first-order valence-corrected chi connectivity index (χ1v) is 7.22. The van der Waals surface area contributed by atoms with Gasteiger partial charge in [-0.2, -0.15) is 5.10 Å². The summed E-state index contributed by atoms with van der Waals surface area (Å²) in [5.74, 6) is 1.70. The van der Waals surface area contributed by atoms with E-state index in [1.807, 2.05) is 13.1 Å². The minimum Gasteiger partial charge on any atom is -0.384 e. The molecule has 4 nitrogen and oxygen atoms in total. The molecule has 0 radical (unpaired) electrons. The molecule has 0 aliphatic carbocycles. The van der Waals surface area contributed by atoms with Crippen LogP contribution in [0.3, 0.4) is 0 Å². The van der Waals surface area contributed by atoms with Gasteiger partial charge >= 0.3 is 0 Å². The highest BCUT2D eigenvalue weighted by Gasteiger charge is 2.27. The molecule has 0 saturated heterocycles. The molecule has 5 heteroatoms. The SMILES string of the molecule is Cc1cc(C)c(N2CCCc3c2nn(C)c3N)c(Cl)c1. The molecular weight excluding hydrogens is 272 g/mol. The smallest absolute Gasteiger partial charge is 0.160 e. The van der Waals surface area contributed by atoms with E-state index in [-0.39, 0.29) is 0 Å². The van der Waals surface area contributed by atoms with Gasteiger partial charge in [0.15, 0.2) is 5.82 Å². The van der Waals surface area contributed by atoms with Gasteiger partial charge in [0.1, 0.15) is 5.82 Å². The average molecular weight is 291 g/mol. The van der Waals surface area contributed by atoms with E-state index in [0.717, 1.165) is 47.3 Å². The van der Waals surface area contributed by atoms with E-state index >= 15 is 0 Å². The number of halogens is 1. The summed E-state index contributed by atoms with van der Waals surface area (Å²) in [6.45, 7) is 5.07. The first kappa shape index (κ1) is 13.3. The lowest BCUT2D eigenvalue weighted by molar-refractivity contribution is 0.743. The van der Waals surface area contributed by atoms with Gasteiger partial charge in [0.05, 0.1) is 10.7 Å². The number of nitrogens with two attached hydrogens (primary N) is 1. The second kappa shape index (κ2) is 4.70. The summed E-state index contributed by atoms with van der Waals surface area (Å²) in [5.41, 5.74) is 10.6. The third-order valence-electron chi connectivity index (χ3n) is 3.90. The van der Waals surface area contributed by atoms with E-state index in [4.69, 9.17) is 17.3 Å². The molecular formula is C15H19ClN4. The molecule has 2 heterocycles. The van der Waals surface area contributed by atoms with Crippen molar-refractivity contribution in [2.75, 3.05) is 17.2 Å². The van der Waals surface area contributed by atoms with E-state index in [2.05, 4.69) is 29.9 Å². The summed E-state index contributed by atoms with van der Waals surface area (Å²) in [7, 11) is 1.88. The Bertz CT molecular complexity index is 652. The van der Waals surface area contributed by atoms with Crippen molar-refractivity contribution in [2.24, 2.45) is 7.05 Å². The lowest BCUT2D eigenvalue weighted by atomic mass is 10.0. The van der Waals surface area contributed by atoms with Gasteiger partial charge in [-0.15, -0.1) is 0 Å². The highest BCUT2D eigenvalue weighted by Crippen LogP contribution is 2.40. The Hall–Kier alpha value is -1.68. The Balaban J connectivity index is 2.16. The minimum absolute atomic E-state index is 0.755. The second-order valence-corrected chi connectivity index (χ2v) is 5.89. The number of fused-ring (bicyclic) bond motifs is 1. The van der Waals surface area contributed by atoms with Crippen LogP contribution in [0.15, 0.2) is 12.1 Å². The Morgan fingerprint density at radius 1 is 1.30 bits per heavy atom. The monoisotopic (exact) mass is 290 g/mol. The Labute approximate surface area is 124 Å². The van der Waals surface area contributed by atoms with Crippen molar-refractivity contribution in [2.45, 2.75) is 26.7 Å². The molecule has 0 unspecified atom stereocenters. The average Bonchev–Trinajstić information content (AvgIpc) is 2.66. The van der Waals surface area contributed by atoms with E-state index in [1.165, 1.54) is 11.1 Å². The molecule has 3 rings (SSSR count). The zero-order valence-electron chi connectivity index (χ0n) is 12.1. The molecule has 0 bridgehead atoms.